The molecule has 0 amide bonds. The molecule has 0 aromatic carbocycles. The van der Waals surface area contributed by atoms with Gasteiger partial charge in [-0.25, -0.2) is 0 Å². The summed E-state index contributed by atoms with van der Waals surface area (Å²) in [5, 5.41) is 0. The number of rotatable bonds is 3. The quantitative estimate of drug-likeness (QED) is 0.602. The van der Waals surface area contributed by atoms with Gasteiger partial charge in [-0.2, -0.15) is 0 Å². The third-order valence-corrected chi connectivity index (χ3v) is 3.04. The first-order valence-electron chi connectivity index (χ1n) is 4.66. The smallest absolute Gasteiger partial charge is 0.0363 e. The molecule has 0 bridgehead atoms. The average Bonchev–Trinajstić information content (AvgIpc) is 2.55. The second kappa shape index (κ2) is 3.29. The molecule has 0 aromatic heterocycles. The van der Waals surface area contributed by atoms with E-state index in [1.807, 2.05) is 0 Å². The van der Waals surface area contributed by atoms with E-state index >= 15 is 0 Å². The standard InChI is InChI=1S/C10H19N/c1-4-10(3,5-2)11-8-6-7-9-11/h6,8H,4-5,7,9H2,1-3H3. The first kappa shape index (κ1) is 8.63. The maximum atomic E-state index is 2.48. The summed E-state index contributed by atoms with van der Waals surface area (Å²) < 4.78 is 0. The zero-order valence-corrected chi connectivity index (χ0v) is 7.93. The molecule has 11 heavy (non-hydrogen) atoms. The van der Waals surface area contributed by atoms with Gasteiger partial charge >= 0.3 is 0 Å². The zero-order chi connectivity index (χ0) is 8.32. The van der Waals surface area contributed by atoms with Crippen LogP contribution in [0.25, 0.3) is 0 Å². The SMILES string of the molecule is CCC(C)(CC)N1C=CCC1. The molecule has 0 atom stereocenters. The van der Waals surface area contributed by atoms with Crippen LogP contribution >= 0.6 is 0 Å². The van der Waals surface area contributed by atoms with E-state index in [1.54, 1.807) is 0 Å². The summed E-state index contributed by atoms with van der Waals surface area (Å²) in [5.41, 5.74) is 0.410. The van der Waals surface area contributed by atoms with E-state index in [0.717, 1.165) is 0 Å². The molecular weight excluding hydrogens is 134 g/mol. The summed E-state index contributed by atoms with van der Waals surface area (Å²) in [6.07, 6.45) is 8.24. The maximum Gasteiger partial charge on any atom is 0.0363 e. The molecule has 0 unspecified atom stereocenters. The van der Waals surface area contributed by atoms with Crippen LogP contribution in [0.1, 0.15) is 40.0 Å². The molecule has 0 aromatic rings. The van der Waals surface area contributed by atoms with Gasteiger partial charge in [0, 0.05) is 12.1 Å². The molecule has 1 heteroatoms. The highest BCUT2D eigenvalue weighted by Gasteiger charge is 2.26. The summed E-state index contributed by atoms with van der Waals surface area (Å²) in [7, 11) is 0. The van der Waals surface area contributed by atoms with Gasteiger partial charge in [0.05, 0.1) is 0 Å². The summed E-state index contributed by atoms with van der Waals surface area (Å²) in [4.78, 5) is 2.48. The summed E-state index contributed by atoms with van der Waals surface area (Å²) in [5.74, 6) is 0. The number of hydrogen-bond acceptors (Lipinski definition) is 1. The van der Waals surface area contributed by atoms with E-state index in [2.05, 4.69) is 37.9 Å². The molecule has 1 heterocycles. The fourth-order valence-electron chi connectivity index (χ4n) is 1.60. The van der Waals surface area contributed by atoms with E-state index in [4.69, 9.17) is 0 Å². The Kier molecular flexibility index (Phi) is 2.58. The van der Waals surface area contributed by atoms with Gasteiger partial charge in [0.15, 0.2) is 0 Å². The molecule has 1 aliphatic heterocycles. The maximum absolute atomic E-state index is 2.48. The molecular formula is C10H19N. The molecule has 1 nitrogen and oxygen atoms in total. The molecule has 0 N–H and O–H groups in total. The molecule has 0 fully saturated rings. The molecule has 64 valence electrons. The van der Waals surface area contributed by atoms with Crippen molar-refractivity contribution < 1.29 is 0 Å². The van der Waals surface area contributed by atoms with Gasteiger partial charge in [0.2, 0.25) is 0 Å². The van der Waals surface area contributed by atoms with Crippen molar-refractivity contribution in [2.24, 2.45) is 0 Å². The second-order valence-corrected chi connectivity index (χ2v) is 3.57. The summed E-state index contributed by atoms with van der Waals surface area (Å²) >= 11 is 0. The van der Waals surface area contributed by atoms with Gasteiger partial charge in [0.25, 0.3) is 0 Å². The Hall–Kier alpha value is -0.460. The van der Waals surface area contributed by atoms with Gasteiger partial charge in [-0.1, -0.05) is 19.9 Å². The first-order valence-corrected chi connectivity index (χ1v) is 4.66. The van der Waals surface area contributed by atoms with Crippen molar-refractivity contribution in [3.05, 3.63) is 12.3 Å². The molecule has 0 radical (unpaired) electrons. The first-order chi connectivity index (χ1) is 5.23. The predicted molar refractivity (Wildman–Crippen MR) is 49.5 cm³/mol. The summed E-state index contributed by atoms with van der Waals surface area (Å²) in [6.45, 7) is 8.12. The van der Waals surface area contributed by atoms with Gasteiger partial charge in [-0.15, -0.1) is 0 Å². The van der Waals surface area contributed by atoms with E-state index in [1.165, 1.54) is 25.8 Å². The molecule has 0 saturated heterocycles. The van der Waals surface area contributed by atoms with Crippen LogP contribution in [0.5, 0.6) is 0 Å². The highest BCUT2D eigenvalue weighted by atomic mass is 15.2. The van der Waals surface area contributed by atoms with Crippen LogP contribution in [0.15, 0.2) is 12.3 Å². The van der Waals surface area contributed by atoms with Crippen LogP contribution in [0, 0.1) is 0 Å². The molecule has 0 spiro atoms. The lowest BCUT2D eigenvalue weighted by Crippen LogP contribution is -2.40. The van der Waals surface area contributed by atoms with Crippen LogP contribution in [-0.2, 0) is 0 Å². The van der Waals surface area contributed by atoms with Gasteiger partial charge in [-0.05, 0) is 32.4 Å². The van der Waals surface area contributed by atoms with Crippen molar-refractivity contribution in [1.29, 1.82) is 0 Å². The van der Waals surface area contributed by atoms with Crippen LogP contribution in [-0.4, -0.2) is 17.0 Å². The van der Waals surface area contributed by atoms with Gasteiger partial charge in [0.1, 0.15) is 0 Å². The zero-order valence-electron chi connectivity index (χ0n) is 7.93. The fourth-order valence-corrected chi connectivity index (χ4v) is 1.60. The third-order valence-electron chi connectivity index (χ3n) is 3.04. The second-order valence-electron chi connectivity index (χ2n) is 3.57. The Morgan fingerprint density at radius 1 is 1.36 bits per heavy atom. The molecule has 1 rings (SSSR count). The minimum absolute atomic E-state index is 0.410. The number of hydrogen-bond donors (Lipinski definition) is 0. The topological polar surface area (TPSA) is 3.24 Å². The van der Waals surface area contributed by atoms with E-state index < -0.39 is 0 Å². The Labute approximate surface area is 70.1 Å². The molecule has 1 aliphatic rings. The average molecular weight is 153 g/mol. The third kappa shape index (κ3) is 1.58. The Morgan fingerprint density at radius 3 is 2.36 bits per heavy atom. The van der Waals surface area contributed by atoms with Crippen molar-refractivity contribution in [1.82, 2.24) is 4.90 Å². The van der Waals surface area contributed by atoms with Crippen molar-refractivity contribution in [3.63, 3.8) is 0 Å². The van der Waals surface area contributed by atoms with Crippen molar-refractivity contribution in [2.45, 2.75) is 45.6 Å². The van der Waals surface area contributed by atoms with Crippen molar-refractivity contribution in [3.8, 4) is 0 Å². The monoisotopic (exact) mass is 153 g/mol. The summed E-state index contributed by atoms with van der Waals surface area (Å²) in [6, 6.07) is 0. The van der Waals surface area contributed by atoms with E-state index in [-0.39, 0.29) is 0 Å². The minimum Gasteiger partial charge on any atom is -0.372 e. The van der Waals surface area contributed by atoms with Crippen LogP contribution in [0.3, 0.4) is 0 Å². The van der Waals surface area contributed by atoms with Crippen molar-refractivity contribution >= 4 is 0 Å². The minimum atomic E-state index is 0.410. The lowest BCUT2D eigenvalue weighted by Gasteiger charge is -2.37. The van der Waals surface area contributed by atoms with E-state index in [9.17, 15) is 0 Å². The Morgan fingerprint density at radius 2 is 2.00 bits per heavy atom. The molecule has 0 saturated carbocycles. The predicted octanol–water partition coefficient (Wildman–Crippen LogP) is 2.78. The Balaban J connectivity index is 2.60. The fraction of sp³-hybridized carbons (Fsp3) is 0.800. The van der Waals surface area contributed by atoms with Crippen molar-refractivity contribution in [2.75, 3.05) is 6.54 Å². The normalized spacial score (nSPS) is 17.9. The largest absolute Gasteiger partial charge is 0.372 e. The lowest BCUT2D eigenvalue weighted by atomic mass is 9.94. The van der Waals surface area contributed by atoms with Gasteiger partial charge < -0.3 is 4.90 Å². The van der Waals surface area contributed by atoms with Crippen LogP contribution < -0.4 is 0 Å². The number of nitrogens with zero attached hydrogens (tertiary/aromatic N) is 1. The Bertz CT molecular complexity index is 145. The highest BCUT2D eigenvalue weighted by Crippen LogP contribution is 2.26. The van der Waals surface area contributed by atoms with Gasteiger partial charge in [-0.3, -0.25) is 0 Å². The lowest BCUT2D eigenvalue weighted by molar-refractivity contribution is 0.165. The molecule has 0 aliphatic carbocycles. The van der Waals surface area contributed by atoms with Crippen LogP contribution in [0.4, 0.5) is 0 Å². The van der Waals surface area contributed by atoms with E-state index in [0.29, 0.717) is 5.54 Å². The van der Waals surface area contributed by atoms with Crippen LogP contribution in [0.2, 0.25) is 0 Å². The highest BCUT2D eigenvalue weighted by molar-refractivity contribution is 4.99.